The van der Waals surface area contributed by atoms with Crippen LogP contribution in [0.4, 0.5) is 5.95 Å². The molecule has 0 aliphatic carbocycles. The van der Waals surface area contributed by atoms with Gasteiger partial charge < -0.3 is 15.2 Å². The summed E-state index contributed by atoms with van der Waals surface area (Å²) in [7, 11) is -3.58. The van der Waals surface area contributed by atoms with Crippen molar-refractivity contribution in [2.45, 2.75) is 30.9 Å². The molecule has 0 saturated heterocycles. The number of aryl methyl sites for hydroxylation is 1. The van der Waals surface area contributed by atoms with Crippen molar-refractivity contribution in [2.24, 2.45) is 0 Å². The summed E-state index contributed by atoms with van der Waals surface area (Å²) in [4.78, 5) is 7.27. The predicted octanol–water partition coefficient (Wildman–Crippen LogP) is 3.96. The molecule has 0 saturated carbocycles. The second-order valence-electron chi connectivity index (χ2n) is 6.91. The van der Waals surface area contributed by atoms with Crippen LogP contribution < -0.4 is 5.73 Å². The average molecular weight is 396 g/mol. The number of nitrogens with zero attached hydrogens (tertiary/aromatic N) is 2. The number of sulfone groups is 1. The van der Waals surface area contributed by atoms with E-state index in [2.05, 4.69) is 15.1 Å². The van der Waals surface area contributed by atoms with Crippen LogP contribution >= 0.6 is 0 Å². The van der Waals surface area contributed by atoms with Crippen molar-refractivity contribution in [3.63, 3.8) is 0 Å². The van der Waals surface area contributed by atoms with Crippen molar-refractivity contribution in [1.29, 1.82) is 0 Å². The fourth-order valence-electron chi connectivity index (χ4n) is 3.23. The molecule has 4 aromatic rings. The number of H-pyrrole nitrogens is 1. The van der Waals surface area contributed by atoms with Crippen LogP contribution in [0.2, 0.25) is 0 Å². The highest BCUT2D eigenvalue weighted by molar-refractivity contribution is 7.92. The first-order valence-electron chi connectivity index (χ1n) is 8.84. The van der Waals surface area contributed by atoms with E-state index in [1.807, 2.05) is 36.4 Å². The van der Waals surface area contributed by atoms with Crippen LogP contribution in [0.15, 0.2) is 51.9 Å². The molecule has 2 aromatic carbocycles. The van der Waals surface area contributed by atoms with Crippen molar-refractivity contribution in [3.05, 3.63) is 48.2 Å². The fraction of sp³-hybridized carbons (Fsp3) is 0.200. The molecule has 0 radical (unpaired) electrons. The summed E-state index contributed by atoms with van der Waals surface area (Å²) in [5, 5.41) is 3.60. The minimum absolute atomic E-state index is 0.141. The largest absolute Gasteiger partial charge is 0.369 e. The summed E-state index contributed by atoms with van der Waals surface area (Å²) in [6.45, 7) is 5.09. The molecule has 144 valence electrons. The van der Waals surface area contributed by atoms with Gasteiger partial charge in [0.05, 0.1) is 21.2 Å². The maximum atomic E-state index is 13.0. The minimum atomic E-state index is -3.58. The predicted molar refractivity (Wildman–Crippen MR) is 108 cm³/mol. The van der Waals surface area contributed by atoms with Gasteiger partial charge in [-0.25, -0.2) is 13.4 Å². The third-order valence-electron chi connectivity index (χ3n) is 4.70. The zero-order chi connectivity index (χ0) is 20.1. The Labute approximate surface area is 162 Å². The number of anilines is 1. The highest BCUT2D eigenvalue weighted by Gasteiger charge is 2.26. The molecule has 0 fully saturated rings. The lowest BCUT2D eigenvalue weighted by Crippen LogP contribution is -2.14. The Balaban J connectivity index is 2.04. The van der Waals surface area contributed by atoms with E-state index in [9.17, 15) is 8.42 Å². The average Bonchev–Trinajstić information content (AvgIpc) is 3.22. The highest BCUT2D eigenvalue weighted by atomic mass is 32.2. The zero-order valence-electron chi connectivity index (χ0n) is 15.7. The fourth-order valence-corrected chi connectivity index (χ4v) is 4.45. The monoisotopic (exact) mass is 396 g/mol. The molecule has 8 heteroatoms. The van der Waals surface area contributed by atoms with Crippen molar-refractivity contribution >= 4 is 26.8 Å². The summed E-state index contributed by atoms with van der Waals surface area (Å²) < 4.78 is 31.4. The van der Waals surface area contributed by atoms with Crippen LogP contribution in [-0.4, -0.2) is 28.8 Å². The third kappa shape index (κ3) is 2.86. The number of aromatic nitrogens is 3. The Bertz CT molecular complexity index is 1270. The number of hydrogen-bond acceptors (Lipinski definition) is 6. The first-order valence-corrected chi connectivity index (χ1v) is 10.4. The van der Waals surface area contributed by atoms with Gasteiger partial charge in [0.15, 0.2) is 15.8 Å². The Morgan fingerprint density at radius 1 is 1.11 bits per heavy atom. The van der Waals surface area contributed by atoms with E-state index in [-0.39, 0.29) is 10.8 Å². The molecule has 0 unspecified atom stereocenters. The van der Waals surface area contributed by atoms with Gasteiger partial charge in [-0.1, -0.05) is 35.5 Å². The quantitative estimate of drug-likeness (QED) is 0.539. The summed E-state index contributed by atoms with van der Waals surface area (Å²) in [5.74, 6) is 0.760. The number of imidazole rings is 1. The van der Waals surface area contributed by atoms with E-state index in [4.69, 9.17) is 10.3 Å². The molecule has 0 spiro atoms. The number of rotatable bonds is 4. The number of benzene rings is 2. The first kappa shape index (κ1) is 18.2. The lowest BCUT2D eigenvalue weighted by Gasteiger charge is -2.11. The van der Waals surface area contributed by atoms with E-state index >= 15 is 0 Å². The Hall–Kier alpha value is -3.13. The van der Waals surface area contributed by atoms with Crippen molar-refractivity contribution < 1.29 is 12.9 Å². The van der Waals surface area contributed by atoms with Gasteiger partial charge in [-0.2, -0.15) is 0 Å². The molecule has 0 bridgehead atoms. The maximum absolute atomic E-state index is 13.0. The minimum Gasteiger partial charge on any atom is -0.369 e. The Morgan fingerprint density at radius 3 is 2.50 bits per heavy atom. The molecule has 7 nitrogen and oxygen atoms in total. The third-order valence-corrected chi connectivity index (χ3v) is 6.86. The summed E-state index contributed by atoms with van der Waals surface area (Å²) in [6, 6.07) is 13.1. The van der Waals surface area contributed by atoms with Gasteiger partial charge in [0.2, 0.25) is 0 Å². The topological polar surface area (TPSA) is 115 Å². The number of nitrogens with two attached hydrogens (primary N) is 1. The number of aromatic amines is 1. The van der Waals surface area contributed by atoms with Crippen LogP contribution in [-0.2, 0) is 9.84 Å². The molecule has 2 heterocycles. The van der Waals surface area contributed by atoms with Gasteiger partial charge in [0.25, 0.3) is 0 Å². The molecule has 2 aromatic heterocycles. The van der Waals surface area contributed by atoms with E-state index in [1.165, 1.54) is 0 Å². The molecule has 4 rings (SSSR count). The van der Waals surface area contributed by atoms with Crippen LogP contribution in [0.3, 0.4) is 0 Å². The van der Waals surface area contributed by atoms with Crippen LogP contribution in [0.1, 0.15) is 19.6 Å². The summed E-state index contributed by atoms with van der Waals surface area (Å²) in [5.41, 5.74) is 9.64. The molecule has 0 atom stereocenters. The second-order valence-corrected chi connectivity index (χ2v) is 9.39. The highest BCUT2D eigenvalue weighted by Crippen LogP contribution is 2.38. The van der Waals surface area contributed by atoms with Crippen molar-refractivity contribution in [3.8, 4) is 22.4 Å². The number of fused-ring (bicyclic) bond motifs is 1. The smallest absolute Gasteiger partial charge is 0.198 e. The summed E-state index contributed by atoms with van der Waals surface area (Å²) in [6.07, 6.45) is 0. The van der Waals surface area contributed by atoms with E-state index in [1.54, 1.807) is 26.8 Å². The molecule has 0 amide bonds. The molecule has 3 N–H and O–H groups in total. The first-order chi connectivity index (χ1) is 13.3. The van der Waals surface area contributed by atoms with Crippen molar-refractivity contribution in [1.82, 2.24) is 15.1 Å². The van der Waals surface area contributed by atoms with Gasteiger partial charge in [-0.15, -0.1) is 0 Å². The van der Waals surface area contributed by atoms with E-state index in [0.29, 0.717) is 28.1 Å². The molecule has 28 heavy (non-hydrogen) atoms. The van der Waals surface area contributed by atoms with Crippen LogP contribution in [0.5, 0.6) is 0 Å². The molecular weight excluding hydrogens is 376 g/mol. The number of hydrogen-bond donors (Lipinski definition) is 2. The Kier molecular flexibility index (Phi) is 4.23. The van der Waals surface area contributed by atoms with Crippen LogP contribution in [0, 0.1) is 6.92 Å². The van der Waals surface area contributed by atoms with E-state index in [0.717, 1.165) is 11.1 Å². The molecule has 0 aliphatic rings. The number of nitrogen functional groups attached to an aromatic ring is 1. The second kappa shape index (κ2) is 6.49. The summed E-state index contributed by atoms with van der Waals surface area (Å²) >= 11 is 0. The normalized spacial score (nSPS) is 12.1. The van der Waals surface area contributed by atoms with Gasteiger partial charge in [-0.3, -0.25) is 0 Å². The van der Waals surface area contributed by atoms with E-state index < -0.39 is 15.1 Å². The van der Waals surface area contributed by atoms with Crippen LogP contribution in [0.25, 0.3) is 33.4 Å². The van der Waals surface area contributed by atoms with Gasteiger partial charge in [0.1, 0.15) is 17.0 Å². The maximum Gasteiger partial charge on any atom is 0.198 e. The standard InChI is InChI=1S/C20H20N4O3S/c1-11(2)28(25,26)16-10-14(9-15-19(16)23-20(21)22-15)17-12(3)27-24-18(17)13-7-5-4-6-8-13/h4-11H,1-3H3,(H3,21,22,23). The SMILES string of the molecule is Cc1onc(-c2ccccc2)c1-c1cc(S(=O)(=O)C(C)C)c2nc(N)[nH]c2c1. The van der Waals surface area contributed by atoms with Gasteiger partial charge in [-0.05, 0) is 38.5 Å². The molecular formula is C20H20N4O3S. The van der Waals surface area contributed by atoms with Gasteiger partial charge >= 0.3 is 0 Å². The zero-order valence-corrected chi connectivity index (χ0v) is 16.5. The lowest BCUT2D eigenvalue weighted by molar-refractivity contribution is 0.400. The number of nitrogens with one attached hydrogen (secondary N) is 1. The van der Waals surface area contributed by atoms with Gasteiger partial charge in [0, 0.05) is 5.56 Å². The Morgan fingerprint density at radius 2 is 1.82 bits per heavy atom. The lowest BCUT2D eigenvalue weighted by atomic mass is 9.99. The van der Waals surface area contributed by atoms with Crippen molar-refractivity contribution in [2.75, 3.05) is 5.73 Å². The molecule has 0 aliphatic heterocycles.